The maximum Gasteiger partial charge on any atom is 0.423 e. The second-order valence-electron chi connectivity index (χ2n) is 6.45. The largest absolute Gasteiger partial charge is 0.456 e. The minimum Gasteiger partial charge on any atom is -0.456 e. The van der Waals surface area contributed by atoms with Gasteiger partial charge in [-0.3, -0.25) is 4.52 Å². The molecule has 0 aliphatic rings. The van der Waals surface area contributed by atoms with Crippen molar-refractivity contribution in [2.24, 2.45) is 7.05 Å². The van der Waals surface area contributed by atoms with E-state index in [1.165, 1.54) is 0 Å². The van der Waals surface area contributed by atoms with E-state index < -0.39 is 25.4 Å². The summed E-state index contributed by atoms with van der Waals surface area (Å²) in [5.74, 6) is 0. The van der Waals surface area contributed by atoms with Gasteiger partial charge in [0.2, 0.25) is 0 Å². The van der Waals surface area contributed by atoms with Crippen molar-refractivity contribution in [3.8, 4) is 0 Å². The molecule has 0 aromatic carbocycles. The van der Waals surface area contributed by atoms with Gasteiger partial charge in [-0.1, -0.05) is 24.7 Å². The van der Waals surface area contributed by atoms with Gasteiger partial charge in [-0.05, 0) is 36.6 Å². The smallest absolute Gasteiger partial charge is 0.423 e. The van der Waals surface area contributed by atoms with Crippen LogP contribution < -0.4 is 15.6 Å². The molecule has 0 saturated carbocycles. The predicted molar refractivity (Wildman–Crippen MR) is 83.1 cm³/mol. The number of aryl methyl sites for hydroxylation is 1. The average Bonchev–Trinajstić information content (AvgIpc) is 2.55. The van der Waals surface area contributed by atoms with Crippen LogP contribution in [0.4, 0.5) is 0 Å². The molecule has 1 unspecified atom stereocenters. The second kappa shape index (κ2) is 5.51. The molecule has 109 valence electrons. The van der Waals surface area contributed by atoms with Gasteiger partial charge in [-0.2, -0.15) is 0 Å². The van der Waals surface area contributed by atoms with Crippen LogP contribution in [0.3, 0.4) is 0 Å². The summed E-state index contributed by atoms with van der Waals surface area (Å²) in [6.07, 6.45) is 0. The van der Waals surface area contributed by atoms with Gasteiger partial charge in [-0.15, -0.1) is 0 Å². The van der Waals surface area contributed by atoms with Crippen molar-refractivity contribution in [2.75, 3.05) is 0 Å². The summed E-state index contributed by atoms with van der Waals surface area (Å²) in [5, 5.41) is 3.88. The first-order chi connectivity index (χ1) is 8.50. The highest BCUT2D eigenvalue weighted by Gasteiger charge is 2.50. The molecule has 0 aliphatic heterocycles. The highest BCUT2D eigenvalue weighted by Crippen LogP contribution is 2.31. The van der Waals surface area contributed by atoms with Crippen LogP contribution in [-0.2, 0) is 11.2 Å². The zero-order valence-electron chi connectivity index (χ0n) is 13.2. The van der Waals surface area contributed by atoms with Gasteiger partial charge in [-0.25, -0.2) is 4.79 Å². The Hall–Kier alpha value is -0.449. The molecular weight excluding hydrogens is 292 g/mol. The summed E-state index contributed by atoms with van der Waals surface area (Å²) in [7, 11) is -2.63. The molecule has 1 rings (SSSR count). The number of nitrogens with one attached hydrogen (secondary N) is 1. The van der Waals surface area contributed by atoms with Crippen molar-refractivity contribution >= 4 is 30.7 Å². The van der Waals surface area contributed by atoms with Gasteiger partial charge < -0.3 is 4.12 Å². The highest BCUT2D eigenvalue weighted by atomic mass is 28.4. The molecule has 8 heteroatoms. The Bertz CT molecular complexity index is 494. The molecule has 1 aromatic heterocycles. The minimum atomic E-state index is -1.94. The molecular formula is C11H26N2O3Si3+. The lowest BCUT2D eigenvalue weighted by molar-refractivity contribution is -0.725. The van der Waals surface area contributed by atoms with E-state index in [0.717, 1.165) is 5.32 Å². The average molecular weight is 319 g/mol. The summed E-state index contributed by atoms with van der Waals surface area (Å²) in [6.45, 7) is 15.6. The van der Waals surface area contributed by atoms with Crippen LogP contribution in [0.2, 0.25) is 44.4 Å². The van der Waals surface area contributed by atoms with Crippen molar-refractivity contribution < 1.29 is 13.3 Å². The van der Waals surface area contributed by atoms with E-state index >= 15 is 0 Å². The number of hydrogen-bond donors (Lipinski definition) is 1. The van der Waals surface area contributed by atoms with E-state index in [0.29, 0.717) is 5.16 Å². The topological polar surface area (TPSA) is 59.1 Å². The molecule has 0 saturated heterocycles. The predicted octanol–water partition coefficient (Wildman–Crippen LogP) is 1.11. The molecule has 1 atom stereocenters. The highest BCUT2D eigenvalue weighted by molar-refractivity contribution is 7.02. The Morgan fingerprint density at radius 1 is 1.32 bits per heavy atom. The number of hydrogen-bond acceptors (Lipinski definition) is 3. The Morgan fingerprint density at radius 2 is 1.84 bits per heavy atom. The summed E-state index contributed by atoms with van der Waals surface area (Å²) < 4.78 is 12.9. The zero-order chi connectivity index (χ0) is 15.0. The van der Waals surface area contributed by atoms with Crippen molar-refractivity contribution in [2.45, 2.75) is 51.4 Å². The van der Waals surface area contributed by atoms with Gasteiger partial charge in [0.1, 0.15) is 0 Å². The van der Waals surface area contributed by atoms with Crippen molar-refractivity contribution in [3.05, 3.63) is 10.4 Å². The van der Waals surface area contributed by atoms with Crippen LogP contribution >= 0.6 is 0 Å². The summed E-state index contributed by atoms with van der Waals surface area (Å²) >= 11 is 0. The van der Waals surface area contributed by atoms with Crippen LogP contribution in [0, 0.1) is 0 Å². The third kappa shape index (κ3) is 3.36. The van der Waals surface area contributed by atoms with E-state index in [9.17, 15) is 4.79 Å². The van der Waals surface area contributed by atoms with E-state index in [4.69, 9.17) is 8.64 Å². The lowest BCUT2D eigenvalue weighted by atomic mass is 10.9. The van der Waals surface area contributed by atoms with E-state index in [-0.39, 0.29) is 5.63 Å². The molecule has 1 aromatic rings. The summed E-state index contributed by atoms with van der Waals surface area (Å²) in [6, 6.07) is 0. The first-order valence-corrected chi connectivity index (χ1v) is 15.0. The van der Waals surface area contributed by atoms with Gasteiger partial charge >= 0.3 is 5.63 Å². The molecule has 1 radical (unpaired) electrons. The molecule has 5 nitrogen and oxygen atoms in total. The van der Waals surface area contributed by atoms with Gasteiger partial charge in [0.25, 0.3) is 5.32 Å². The van der Waals surface area contributed by atoms with Gasteiger partial charge in [0, 0.05) is 0 Å². The number of H-pyrrole nitrogens is 1. The zero-order valence-corrected chi connectivity index (χ0v) is 16.2. The van der Waals surface area contributed by atoms with Crippen LogP contribution in [-0.4, -0.2) is 30.7 Å². The standard InChI is InChI=1S/C11H25N2O3Si3/c1-9(19(7,8)16-17(3)4)18(5,6)10-11(14)15-12-13(10)2/h9H,1-8H3/p+1. The molecule has 0 bridgehead atoms. The Morgan fingerprint density at radius 3 is 2.21 bits per heavy atom. The monoisotopic (exact) mass is 318 g/mol. The second-order valence-corrected chi connectivity index (χ2v) is 18.5. The maximum atomic E-state index is 11.9. The van der Waals surface area contributed by atoms with E-state index in [2.05, 4.69) is 51.5 Å². The van der Waals surface area contributed by atoms with Crippen LogP contribution in [0.5, 0.6) is 0 Å². The van der Waals surface area contributed by atoms with Gasteiger partial charge in [0.15, 0.2) is 32.5 Å². The maximum absolute atomic E-state index is 11.9. The molecule has 0 spiro atoms. The molecule has 1 heterocycles. The molecule has 0 aliphatic carbocycles. The lowest BCUT2D eigenvalue weighted by Gasteiger charge is -2.37. The first-order valence-electron chi connectivity index (χ1n) is 6.57. The number of rotatable bonds is 5. The number of aromatic nitrogens is 2. The van der Waals surface area contributed by atoms with Crippen LogP contribution in [0.25, 0.3) is 0 Å². The summed E-state index contributed by atoms with van der Waals surface area (Å²) in [5.41, 5.74) is -0.227. The Kier molecular flexibility index (Phi) is 4.81. The fourth-order valence-electron chi connectivity index (χ4n) is 2.72. The van der Waals surface area contributed by atoms with Crippen molar-refractivity contribution in [3.63, 3.8) is 0 Å². The first kappa shape index (κ1) is 16.6. The minimum absolute atomic E-state index is 0.227. The number of nitrogens with zero attached hydrogens (tertiary/aromatic N) is 1. The summed E-state index contributed by atoms with van der Waals surface area (Å²) in [4.78, 5) is 11.9. The molecule has 0 fully saturated rings. The Balaban J connectivity index is 3.16. The Labute approximate surface area is 118 Å². The van der Waals surface area contributed by atoms with Crippen LogP contribution in [0.15, 0.2) is 9.32 Å². The third-order valence-corrected chi connectivity index (χ3v) is 18.0. The van der Waals surface area contributed by atoms with Crippen molar-refractivity contribution in [1.82, 2.24) is 5.27 Å². The fourth-order valence-corrected chi connectivity index (χ4v) is 17.4. The third-order valence-electron chi connectivity index (χ3n) is 4.01. The normalized spacial score (nSPS) is 15.0. The van der Waals surface area contributed by atoms with Gasteiger partial charge in [0.05, 0.1) is 0 Å². The molecule has 19 heavy (non-hydrogen) atoms. The van der Waals surface area contributed by atoms with E-state index in [1.807, 2.05) is 7.05 Å². The fraction of sp³-hybridized carbons (Fsp3) is 0.818. The quantitative estimate of drug-likeness (QED) is 0.653. The molecule has 0 amide bonds. The van der Waals surface area contributed by atoms with Crippen molar-refractivity contribution in [1.29, 1.82) is 0 Å². The lowest BCUT2D eigenvalue weighted by Crippen LogP contribution is -2.68. The van der Waals surface area contributed by atoms with Crippen LogP contribution in [0.1, 0.15) is 6.92 Å². The number of aromatic amines is 1. The SMILES string of the molecule is CC([Si](C)(C)O[Si](C)C)[Si](C)(C)c1c(=O)o[nH][n+]1C. The van der Waals surface area contributed by atoms with E-state index in [1.54, 1.807) is 4.68 Å². The molecule has 1 N–H and O–H groups in total.